The third-order valence-electron chi connectivity index (χ3n) is 2.01. The molecule has 13 heavy (non-hydrogen) atoms. The summed E-state index contributed by atoms with van der Waals surface area (Å²) in [7, 11) is 0. The zero-order chi connectivity index (χ0) is 9.73. The molecular weight excluding hydrogens is 183 g/mol. The van der Waals surface area contributed by atoms with Crippen LogP contribution in [0, 0.1) is 0 Å². The molecule has 0 aromatic heterocycles. The fraction of sp³-hybridized carbons (Fsp3) is 1.00. The molecule has 1 atom stereocenters. The molecule has 1 aliphatic rings. The number of nitrogens with one attached hydrogen (secondary N) is 1. The number of rotatable bonds is 2. The molecule has 1 unspecified atom stereocenters. The van der Waals surface area contributed by atoms with Crippen LogP contribution >= 0.6 is 0 Å². The standard InChI is InChI=1S/C8H14F3NO/c9-8(10,11)6-13-7-2-1-4-12-5-3-7/h7,12H,1-6H2. The van der Waals surface area contributed by atoms with Crippen LogP contribution in [0.4, 0.5) is 13.2 Å². The second kappa shape index (κ2) is 4.81. The Hall–Kier alpha value is -0.290. The summed E-state index contributed by atoms with van der Waals surface area (Å²) in [5.74, 6) is 0. The van der Waals surface area contributed by atoms with E-state index in [0.717, 1.165) is 25.9 Å². The van der Waals surface area contributed by atoms with Crippen LogP contribution in [0.3, 0.4) is 0 Å². The third kappa shape index (κ3) is 5.10. The topological polar surface area (TPSA) is 21.3 Å². The normalized spacial score (nSPS) is 25.6. The van der Waals surface area contributed by atoms with Gasteiger partial charge in [0.05, 0.1) is 6.10 Å². The minimum atomic E-state index is -4.19. The van der Waals surface area contributed by atoms with Crippen molar-refractivity contribution in [1.29, 1.82) is 0 Å². The molecule has 78 valence electrons. The van der Waals surface area contributed by atoms with Crippen molar-refractivity contribution in [1.82, 2.24) is 5.32 Å². The molecule has 0 radical (unpaired) electrons. The van der Waals surface area contributed by atoms with Crippen LogP contribution < -0.4 is 5.32 Å². The lowest BCUT2D eigenvalue weighted by atomic mass is 10.2. The fourth-order valence-electron chi connectivity index (χ4n) is 1.37. The molecule has 0 aromatic carbocycles. The molecule has 5 heteroatoms. The number of ether oxygens (including phenoxy) is 1. The van der Waals surface area contributed by atoms with Crippen molar-refractivity contribution in [2.75, 3.05) is 19.7 Å². The Morgan fingerprint density at radius 3 is 2.69 bits per heavy atom. The lowest BCUT2D eigenvalue weighted by Crippen LogP contribution is -2.24. The molecule has 0 saturated carbocycles. The molecule has 0 bridgehead atoms. The van der Waals surface area contributed by atoms with Crippen LogP contribution in [0.25, 0.3) is 0 Å². The molecule has 0 amide bonds. The second-order valence-corrected chi connectivity index (χ2v) is 3.23. The van der Waals surface area contributed by atoms with E-state index in [1.165, 1.54) is 0 Å². The van der Waals surface area contributed by atoms with Gasteiger partial charge in [-0.25, -0.2) is 0 Å². The van der Waals surface area contributed by atoms with Crippen molar-refractivity contribution in [2.24, 2.45) is 0 Å². The zero-order valence-electron chi connectivity index (χ0n) is 7.36. The molecule has 1 rings (SSSR count). The first kappa shape index (κ1) is 10.8. The van der Waals surface area contributed by atoms with Gasteiger partial charge in [-0.1, -0.05) is 0 Å². The lowest BCUT2D eigenvalue weighted by molar-refractivity contribution is -0.186. The van der Waals surface area contributed by atoms with E-state index >= 15 is 0 Å². The van der Waals surface area contributed by atoms with Gasteiger partial charge in [0.25, 0.3) is 0 Å². The molecule has 1 aliphatic heterocycles. The highest BCUT2D eigenvalue weighted by Gasteiger charge is 2.29. The summed E-state index contributed by atoms with van der Waals surface area (Å²) in [6.07, 6.45) is -2.13. The van der Waals surface area contributed by atoms with E-state index in [1.807, 2.05) is 0 Å². The summed E-state index contributed by atoms with van der Waals surface area (Å²) in [4.78, 5) is 0. The predicted molar refractivity (Wildman–Crippen MR) is 42.5 cm³/mol. The summed E-state index contributed by atoms with van der Waals surface area (Å²) >= 11 is 0. The SMILES string of the molecule is FC(F)(F)COC1CCCNCC1. The van der Waals surface area contributed by atoms with Crippen molar-refractivity contribution < 1.29 is 17.9 Å². The Kier molecular flexibility index (Phi) is 3.99. The Bertz CT molecular complexity index is 141. The molecule has 2 nitrogen and oxygen atoms in total. The minimum Gasteiger partial charge on any atom is -0.369 e. The van der Waals surface area contributed by atoms with Gasteiger partial charge in [-0.2, -0.15) is 13.2 Å². The molecule has 1 fully saturated rings. The van der Waals surface area contributed by atoms with E-state index < -0.39 is 12.8 Å². The lowest BCUT2D eigenvalue weighted by Gasteiger charge is -2.16. The predicted octanol–water partition coefficient (Wildman–Crippen LogP) is 1.71. The number of hydrogen-bond donors (Lipinski definition) is 1. The van der Waals surface area contributed by atoms with Crippen LogP contribution in [0.15, 0.2) is 0 Å². The van der Waals surface area contributed by atoms with Crippen molar-refractivity contribution >= 4 is 0 Å². The monoisotopic (exact) mass is 197 g/mol. The molecular formula is C8H14F3NO. The molecule has 0 aliphatic carbocycles. The molecule has 0 spiro atoms. The van der Waals surface area contributed by atoms with E-state index in [2.05, 4.69) is 5.32 Å². The third-order valence-corrected chi connectivity index (χ3v) is 2.01. The second-order valence-electron chi connectivity index (χ2n) is 3.23. The van der Waals surface area contributed by atoms with Crippen molar-refractivity contribution in [3.63, 3.8) is 0 Å². The van der Waals surface area contributed by atoms with E-state index in [0.29, 0.717) is 6.42 Å². The van der Waals surface area contributed by atoms with Gasteiger partial charge in [-0.05, 0) is 32.4 Å². The smallest absolute Gasteiger partial charge is 0.369 e. The Balaban J connectivity index is 2.19. The Labute approximate surface area is 75.4 Å². The average molecular weight is 197 g/mol. The summed E-state index contributed by atoms with van der Waals surface area (Å²) in [5.41, 5.74) is 0. The van der Waals surface area contributed by atoms with Crippen LogP contribution in [0.1, 0.15) is 19.3 Å². The van der Waals surface area contributed by atoms with Gasteiger partial charge in [0, 0.05) is 0 Å². The van der Waals surface area contributed by atoms with Crippen LogP contribution in [0.5, 0.6) is 0 Å². The van der Waals surface area contributed by atoms with Gasteiger partial charge in [0.15, 0.2) is 0 Å². The highest BCUT2D eigenvalue weighted by atomic mass is 19.4. The van der Waals surface area contributed by atoms with Gasteiger partial charge in [-0.3, -0.25) is 0 Å². The van der Waals surface area contributed by atoms with Crippen LogP contribution in [-0.2, 0) is 4.74 Å². The number of hydrogen-bond acceptors (Lipinski definition) is 2. The highest BCUT2D eigenvalue weighted by Crippen LogP contribution is 2.18. The van der Waals surface area contributed by atoms with Gasteiger partial charge < -0.3 is 10.1 Å². The first-order chi connectivity index (χ1) is 6.08. The first-order valence-corrected chi connectivity index (χ1v) is 4.47. The summed E-state index contributed by atoms with van der Waals surface area (Å²) in [6, 6.07) is 0. The maximum atomic E-state index is 11.8. The molecule has 1 heterocycles. The molecule has 1 N–H and O–H groups in total. The van der Waals surface area contributed by atoms with E-state index in [9.17, 15) is 13.2 Å². The van der Waals surface area contributed by atoms with Crippen molar-refractivity contribution in [3.05, 3.63) is 0 Å². The van der Waals surface area contributed by atoms with Crippen LogP contribution in [0.2, 0.25) is 0 Å². The van der Waals surface area contributed by atoms with Gasteiger partial charge in [0.2, 0.25) is 0 Å². The molecule has 0 aromatic rings. The van der Waals surface area contributed by atoms with Gasteiger partial charge in [-0.15, -0.1) is 0 Å². The summed E-state index contributed by atoms with van der Waals surface area (Å²) in [5, 5.41) is 3.11. The minimum absolute atomic E-state index is 0.225. The van der Waals surface area contributed by atoms with Gasteiger partial charge in [0.1, 0.15) is 6.61 Å². The highest BCUT2D eigenvalue weighted by molar-refractivity contribution is 4.67. The zero-order valence-corrected chi connectivity index (χ0v) is 7.36. The van der Waals surface area contributed by atoms with Crippen molar-refractivity contribution in [3.8, 4) is 0 Å². The Morgan fingerprint density at radius 2 is 2.00 bits per heavy atom. The quantitative estimate of drug-likeness (QED) is 0.727. The average Bonchev–Trinajstić information content (AvgIpc) is 2.26. The van der Waals surface area contributed by atoms with E-state index in [1.54, 1.807) is 0 Å². The summed E-state index contributed by atoms with van der Waals surface area (Å²) in [6.45, 7) is 0.520. The van der Waals surface area contributed by atoms with E-state index in [4.69, 9.17) is 4.74 Å². The number of halogens is 3. The number of alkyl halides is 3. The van der Waals surface area contributed by atoms with Gasteiger partial charge >= 0.3 is 6.18 Å². The van der Waals surface area contributed by atoms with Crippen molar-refractivity contribution in [2.45, 2.75) is 31.5 Å². The first-order valence-electron chi connectivity index (χ1n) is 4.47. The fourth-order valence-corrected chi connectivity index (χ4v) is 1.37. The maximum Gasteiger partial charge on any atom is 0.411 e. The maximum absolute atomic E-state index is 11.8. The summed E-state index contributed by atoms with van der Waals surface area (Å²) < 4.78 is 40.1. The van der Waals surface area contributed by atoms with E-state index in [-0.39, 0.29) is 6.10 Å². The Morgan fingerprint density at radius 1 is 1.23 bits per heavy atom. The molecule has 1 saturated heterocycles. The van der Waals surface area contributed by atoms with Crippen LogP contribution in [-0.4, -0.2) is 32.0 Å². The largest absolute Gasteiger partial charge is 0.411 e.